The van der Waals surface area contributed by atoms with E-state index in [0.717, 1.165) is 18.4 Å². The molecule has 1 aromatic rings. The molecule has 1 aliphatic rings. The second-order valence-corrected chi connectivity index (χ2v) is 9.56. The first kappa shape index (κ1) is 26.0. The van der Waals surface area contributed by atoms with Crippen LogP contribution in [0.2, 0.25) is 0 Å². The molecule has 178 valence electrons. The number of likely N-dealkylation sites (tertiary alicyclic amines) is 1. The third-order valence-electron chi connectivity index (χ3n) is 6.57. The molecule has 0 saturated carbocycles. The van der Waals surface area contributed by atoms with Crippen LogP contribution in [-0.2, 0) is 16.1 Å². The van der Waals surface area contributed by atoms with E-state index in [1.807, 2.05) is 65.0 Å². The van der Waals surface area contributed by atoms with E-state index < -0.39 is 30.1 Å². The number of benzene rings is 1. The molecule has 1 heterocycles. The van der Waals surface area contributed by atoms with Crippen LogP contribution in [-0.4, -0.2) is 58.2 Å². The first-order valence-corrected chi connectivity index (χ1v) is 11.5. The lowest BCUT2D eigenvalue weighted by molar-refractivity contribution is -0.786. The van der Waals surface area contributed by atoms with Crippen molar-refractivity contribution >= 4 is 17.8 Å². The predicted octanol–water partition coefficient (Wildman–Crippen LogP) is 1.91. The lowest BCUT2D eigenvalue weighted by Gasteiger charge is -2.37. The summed E-state index contributed by atoms with van der Waals surface area (Å²) in [6.45, 7) is 9.87. The number of urea groups is 1. The van der Waals surface area contributed by atoms with Gasteiger partial charge < -0.3 is 16.2 Å². The van der Waals surface area contributed by atoms with Gasteiger partial charge in [0, 0.05) is 19.4 Å². The molecule has 8 heteroatoms. The topological polar surface area (TPSA) is 122 Å². The van der Waals surface area contributed by atoms with Crippen LogP contribution in [0.5, 0.6) is 0 Å². The highest BCUT2D eigenvalue weighted by molar-refractivity contribution is 5.88. The van der Waals surface area contributed by atoms with Crippen LogP contribution in [0, 0.1) is 11.8 Å². The van der Waals surface area contributed by atoms with Gasteiger partial charge in [-0.05, 0) is 24.3 Å². The number of carbonyl (C=O) groups excluding carboxylic acids is 3. The Kier molecular flexibility index (Phi) is 8.95. The van der Waals surface area contributed by atoms with Gasteiger partial charge in [-0.15, -0.1) is 0 Å². The van der Waals surface area contributed by atoms with Crippen molar-refractivity contribution < 1.29 is 24.0 Å². The van der Waals surface area contributed by atoms with Crippen LogP contribution in [0.4, 0.5) is 4.79 Å². The van der Waals surface area contributed by atoms with Gasteiger partial charge in [-0.2, -0.15) is 4.48 Å². The Morgan fingerprint density at radius 3 is 2.25 bits per heavy atom. The standard InChI is InChI=1S/C24H38N4O4/c1-15(2)19(25)23(31)28(13-9-10-17(28)5)24(32)27-20(16(3)4)21(29)22(30)26-14-18-11-7-6-8-12-18/h6-8,11-12,15-17,19-21,29H,9-10,13-14,25H2,1-5H3,(H-,26,27,30,32)/p+1/t17?,19?,20?,21?,28-/m0/s1. The summed E-state index contributed by atoms with van der Waals surface area (Å²) in [5.41, 5.74) is 7.06. The number of carbonyl (C=O) groups is 3. The van der Waals surface area contributed by atoms with Crippen molar-refractivity contribution in [2.75, 3.05) is 6.54 Å². The quantitative estimate of drug-likeness (QED) is 0.454. The summed E-state index contributed by atoms with van der Waals surface area (Å²) in [6.07, 6.45) is 0.0168. The Morgan fingerprint density at radius 2 is 1.75 bits per heavy atom. The van der Waals surface area contributed by atoms with Crippen LogP contribution < -0.4 is 16.4 Å². The Hall–Kier alpha value is -2.29. The van der Waals surface area contributed by atoms with Gasteiger partial charge in [-0.25, -0.2) is 9.59 Å². The smallest absolute Gasteiger partial charge is 0.381 e. The molecule has 32 heavy (non-hydrogen) atoms. The predicted molar refractivity (Wildman–Crippen MR) is 123 cm³/mol. The lowest BCUT2D eigenvalue weighted by Crippen LogP contribution is -2.69. The molecule has 0 spiro atoms. The molecule has 0 aliphatic carbocycles. The minimum atomic E-state index is -1.45. The van der Waals surface area contributed by atoms with Gasteiger partial charge in [-0.1, -0.05) is 58.0 Å². The summed E-state index contributed by atoms with van der Waals surface area (Å²) in [7, 11) is 0. The van der Waals surface area contributed by atoms with E-state index in [9.17, 15) is 19.5 Å². The Morgan fingerprint density at radius 1 is 1.12 bits per heavy atom. The number of rotatable bonds is 8. The maximum absolute atomic E-state index is 13.5. The van der Waals surface area contributed by atoms with Gasteiger partial charge in [0.2, 0.25) is 0 Å². The van der Waals surface area contributed by atoms with Crippen molar-refractivity contribution in [3.8, 4) is 0 Å². The molecule has 4 amide bonds. The summed E-state index contributed by atoms with van der Waals surface area (Å²) in [5.74, 6) is -1.22. The highest BCUT2D eigenvalue weighted by Gasteiger charge is 2.55. The monoisotopic (exact) mass is 447 g/mol. The zero-order chi connectivity index (χ0) is 24.1. The fraction of sp³-hybridized carbons (Fsp3) is 0.625. The van der Waals surface area contributed by atoms with Gasteiger partial charge >= 0.3 is 11.9 Å². The van der Waals surface area contributed by atoms with Crippen LogP contribution in [0.3, 0.4) is 0 Å². The lowest BCUT2D eigenvalue weighted by atomic mass is 9.97. The summed E-state index contributed by atoms with van der Waals surface area (Å²) in [6, 6.07) is 7.05. The number of imide groups is 1. The average Bonchev–Trinajstić information content (AvgIpc) is 3.16. The maximum Gasteiger partial charge on any atom is 0.424 e. The minimum absolute atomic E-state index is 0.103. The minimum Gasteiger partial charge on any atom is -0.381 e. The number of nitrogens with one attached hydrogen (secondary N) is 2. The highest BCUT2D eigenvalue weighted by atomic mass is 16.3. The van der Waals surface area contributed by atoms with Gasteiger partial charge in [0.25, 0.3) is 5.91 Å². The maximum atomic E-state index is 13.5. The number of aliphatic hydroxyl groups is 1. The molecular weight excluding hydrogens is 408 g/mol. The zero-order valence-electron chi connectivity index (χ0n) is 19.9. The SMILES string of the molecule is CC(C)C(N)C(=O)[N@+]1(C(=O)NC(C(C)C)C(O)C(=O)NCc2ccccc2)CCCC1C. The van der Waals surface area contributed by atoms with Crippen LogP contribution in [0.15, 0.2) is 30.3 Å². The number of aliphatic hydroxyl groups excluding tert-OH is 1. The third kappa shape index (κ3) is 5.54. The second kappa shape index (κ2) is 11.0. The van der Waals surface area contributed by atoms with Crippen LogP contribution in [0.25, 0.3) is 0 Å². The van der Waals surface area contributed by atoms with E-state index in [-0.39, 0.29) is 34.8 Å². The van der Waals surface area contributed by atoms with Crippen molar-refractivity contribution in [1.29, 1.82) is 0 Å². The van der Waals surface area contributed by atoms with Crippen molar-refractivity contribution in [1.82, 2.24) is 10.6 Å². The molecule has 1 aromatic carbocycles. The van der Waals surface area contributed by atoms with Gasteiger partial charge in [0.05, 0.1) is 12.6 Å². The molecule has 0 bridgehead atoms. The molecule has 1 fully saturated rings. The number of amides is 4. The zero-order valence-corrected chi connectivity index (χ0v) is 19.9. The number of quaternary nitrogens is 1. The molecule has 8 nitrogen and oxygen atoms in total. The summed E-state index contributed by atoms with van der Waals surface area (Å²) >= 11 is 0. The van der Waals surface area contributed by atoms with E-state index >= 15 is 0 Å². The molecule has 4 unspecified atom stereocenters. The molecule has 2 rings (SSSR count). The van der Waals surface area contributed by atoms with Crippen molar-refractivity contribution in [2.45, 2.75) is 78.2 Å². The molecular formula is C24H39N4O4+. The summed E-state index contributed by atoms with van der Waals surface area (Å²) in [5, 5.41) is 16.3. The summed E-state index contributed by atoms with van der Waals surface area (Å²) < 4.78 is -0.388. The van der Waals surface area contributed by atoms with E-state index in [0.29, 0.717) is 6.54 Å². The molecule has 1 saturated heterocycles. The largest absolute Gasteiger partial charge is 0.424 e. The average molecular weight is 448 g/mol. The molecule has 5 N–H and O–H groups in total. The Labute approximate surface area is 191 Å². The number of hydrogen-bond acceptors (Lipinski definition) is 5. The first-order valence-electron chi connectivity index (χ1n) is 11.5. The molecule has 5 atom stereocenters. The number of nitrogens with zero attached hydrogens (tertiary/aromatic N) is 1. The van der Waals surface area contributed by atoms with E-state index in [4.69, 9.17) is 5.73 Å². The number of nitrogens with two attached hydrogens (primary N) is 1. The Balaban J connectivity index is 2.17. The fourth-order valence-corrected chi connectivity index (χ4v) is 4.28. The van der Waals surface area contributed by atoms with E-state index in [1.165, 1.54) is 0 Å². The van der Waals surface area contributed by atoms with Crippen molar-refractivity contribution in [3.05, 3.63) is 35.9 Å². The van der Waals surface area contributed by atoms with Crippen LogP contribution in [0.1, 0.15) is 53.0 Å². The molecule has 0 radical (unpaired) electrons. The van der Waals surface area contributed by atoms with Gasteiger partial charge in [0.1, 0.15) is 12.1 Å². The van der Waals surface area contributed by atoms with Gasteiger partial charge in [-0.3, -0.25) is 10.1 Å². The van der Waals surface area contributed by atoms with E-state index in [2.05, 4.69) is 10.6 Å². The van der Waals surface area contributed by atoms with Gasteiger partial charge in [0.15, 0.2) is 6.10 Å². The normalized spacial score (nSPS) is 23.6. The van der Waals surface area contributed by atoms with Crippen LogP contribution >= 0.6 is 0 Å². The molecule has 0 aromatic heterocycles. The van der Waals surface area contributed by atoms with Crippen molar-refractivity contribution in [2.24, 2.45) is 17.6 Å². The second-order valence-electron chi connectivity index (χ2n) is 9.56. The Bertz CT molecular complexity index is 798. The van der Waals surface area contributed by atoms with E-state index in [1.54, 1.807) is 0 Å². The molecule has 1 aliphatic heterocycles. The highest BCUT2D eigenvalue weighted by Crippen LogP contribution is 2.30. The summed E-state index contributed by atoms with van der Waals surface area (Å²) in [4.78, 5) is 39.5. The van der Waals surface area contributed by atoms with Crippen molar-refractivity contribution in [3.63, 3.8) is 0 Å². The first-order chi connectivity index (χ1) is 15.0. The fourth-order valence-electron chi connectivity index (χ4n) is 4.28. The third-order valence-corrected chi connectivity index (χ3v) is 6.57. The number of hydrogen-bond donors (Lipinski definition) is 4.